The molecule has 1 saturated heterocycles. The Bertz CT molecular complexity index is 394. The molecule has 1 amide bonds. The number of nitrogens with one attached hydrogen (secondary N) is 2. The monoisotopic (exact) mass is 260 g/mol. The Hall–Kier alpha value is -1.35. The Kier molecular flexibility index (Phi) is 5.40. The molecule has 0 saturated carbocycles. The zero-order valence-electron chi connectivity index (χ0n) is 11.7. The van der Waals surface area contributed by atoms with Gasteiger partial charge in [0.15, 0.2) is 0 Å². The average Bonchev–Trinajstić information content (AvgIpc) is 2.42. The Morgan fingerprint density at radius 1 is 1.37 bits per heavy atom. The molecule has 104 valence electrons. The molecule has 0 aromatic heterocycles. The van der Waals surface area contributed by atoms with Gasteiger partial charge in [-0.1, -0.05) is 29.8 Å². The van der Waals surface area contributed by atoms with Crippen LogP contribution in [0.4, 0.5) is 0 Å². The van der Waals surface area contributed by atoms with Crippen LogP contribution in [0.1, 0.15) is 36.8 Å². The van der Waals surface area contributed by atoms with Crippen LogP contribution >= 0.6 is 0 Å². The highest BCUT2D eigenvalue weighted by molar-refractivity contribution is 5.76. The lowest BCUT2D eigenvalue weighted by molar-refractivity contribution is -0.122. The van der Waals surface area contributed by atoms with Crippen LogP contribution in [-0.2, 0) is 11.2 Å². The first-order valence-corrected chi connectivity index (χ1v) is 7.29. The van der Waals surface area contributed by atoms with Gasteiger partial charge in [0.05, 0.1) is 0 Å². The molecule has 1 aliphatic rings. The smallest absolute Gasteiger partial charge is 0.220 e. The predicted molar refractivity (Wildman–Crippen MR) is 78.2 cm³/mol. The summed E-state index contributed by atoms with van der Waals surface area (Å²) in [5.41, 5.74) is 2.60. The predicted octanol–water partition coefficient (Wildman–Crippen LogP) is 2.19. The molecule has 1 atom stereocenters. The van der Waals surface area contributed by atoms with E-state index in [2.05, 4.69) is 41.8 Å². The molecule has 1 heterocycles. The zero-order valence-corrected chi connectivity index (χ0v) is 11.7. The molecular formula is C16H24N2O. The van der Waals surface area contributed by atoms with Crippen molar-refractivity contribution in [1.82, 2.24) is 10.6 Å². The van der Waals surface area contributed by atoms with Gasteiger partial charge < -0.3 is 10.6 Å². The van der Waals surface area contributed by atoms with Crippen LogP contribution in [0, 0.1) is 6.92 Å². The highest BCUT2D eigenvalue weighted by Crippen LogP contribution is 2.08. The maximum Gasteiger partial charge on any atom is 0.220 e. The summed E-state index contributed by atoms with van der Waals surface area (Å²) in [5, 5.41) is 6.43. The van der Waals surface area contributed by atoms with E-state index < -0.39 is 0 Å². The number of rotatable bonds is 5. The van der Waals surface area contributed by atoms with Crippen LogP contribution in [-0.4, -0.2) is 25.0 Å². The largest absolute Gasteiger partial charge is 0.352 e. The minimum Gasteiger partial charge on any atom is -0.352 e. The zero-order chi connectivity index (χ0) is 13.5. The summed E-state index contributed by atoms with van der Waals surface area (Å²) in [7, 11) is 0. The summed E-state index contributed by atoms with van der Waals surface area (Å²) in [6.45, 7) is 4.10. The van der Waals surface area contributed by atoms with Crippen molar-refractivity contribution in [2.24, 2.45) is 0 Å². The van der Waals surface area contributed by atoms with Crippen molar-refractivity contribution in [1.29, 1.82) is 0 Å². The van der Waals surface area contributed by atoms with E-state index in [1.807, 2.05) is 0 Å². The van der Waals surface area contributed by atoms with Crippen molar-refractivity contribution in [2.75, 3.05) is 13.1 Å². The van der Waals surface area contributed by atoms with Crippen LogP contribution < -0.4 is 10.6 Å². The molecule has 0 spiro atoms. The Morgan fingerprint density at radius 3 is 2.84 bits per heavy atom. The maximum absolute atomic E-state index is 11.8. The number of carbonyl (C=O) groups is 1. The number of carbonyl (C=O) groups excluding carboxylic acids is 1. The third-order valence-electron chi connectivity index (χ3n) is 3.65. The normalized spacial score (nSPS) is 19.1. The van der Waals surface area contributed by atoms with E-state index in [0.717, 1.165) is 38.8 Å². The Balaban J connectivity index is 1.64. The van der Waals surface area contributed by atoms with E-state index in [0.29, 0.717) is 12.5 Å². The van der Waals surface area contributed by atoms with Gasteiger partial charge in [0.1, 0.15) is 0 Å². The average molecular weight is 260 g/mol. The first-order chi connectivity index (χ1) is 9.24. The summed E-state index contributed by atoms with van der Waals surface area (Å²) in [4.78, 5) is 11.8. The quantitative estimate of drug-likeness (QED) is 0.852. The summed E-state index contributed by atoms with van der Waals surface area (Å²) < 4.78 is 0. The van der Waals surface area contributed by atoms with Crippen LogP contribution in [0.25, 0.3) is 0 Å². The molecule has 2 rings (SSSR count). The topological polar surface area (TPSA) is 41.1 Å². The standard InChI is InChI=1S/C16H24N2O/c1-13-7-9-14(10-8-13)4-2-6-16(19)18-15-5-3-11-17-12-15/h7-10,15,17H,2-6,11-12H2,1H3,(H,18,19). The van der Waals surface area contributed by atoms with E-state index in [-0.39, 0.29) is 5.91 Å². The van der Waals surface area contributed by atoms with Gasteiger partial charge in [0.25, 0.3) is 0 Å². The van der Waals surface area contributed by atoms with Gasteiger partial charge in [-0.25, -0.2) is 0 Å². The van der Waals surface area contributed by atoms with Gasteiger partial charge >= 0.3 is 0 Å². The van der Waals surface area contributed by atoms with Gasteiger partial charge in [-0.2, -0.15) is 0 Å². The van der Waals surface area contributed by atoms with Gasteiger partial charge in [-0.05, 0) is 44.7 Å². The molecule has 0 radical (unpaired) electrons. The fourth-order valence-electron chi connectivity index (χ4n) is 2.48. The lowest BCUT2D eigenvalue weighted by atomic mass is 10.1. The molecule has 3 nitrogen and oxygen atoms in total. The molecular weight excluding hydrogens is 236 g/mol. The Morgan fingerprint density at radius 2 is 2.16 bits per heavy atom. The third-order valence-corrected chi connectivity index (χ3v) is 3.65. The van der Waals surface area contributed by atoms with Gasteiger partial charge in [0.2, 0.25) is 5.91 Å². The second-order valence-electron chi connectivity index (χ2n) is 5.45. The van der Waals surface area contributed by atoms with Crippen molar-refractivity contribution >= 4 is 5.91 Å². The summed E-state index contributed by atoms with van der Waals surface area (Å²) in [6.07, 6.45) is 4.81. The number of hydrogen-bond donors (Lipinski definition) is 2. The number of amides is 1. The second-order valence-corrected chi connectivity index (χ2v) is 5.45. The van der Waals surface area contributed by atoms with Crippen LogP contribution in [0.15, 0.2) is 24.3 Å². The Labute approximate surface area is 115 Å². The van der Waals surface area contributed by atoms with Crippen LogP contribution in [0.3, 0.4) is 0 Å². The molecule has 1 aromatic carbocycles. The number of hydrogen-bond acceptors (Lipinski definition) is 2. The van der Waals surface area contributed by atoms with Crippen LogP contribution in [0.5, 0.6) is 0 Å². The SMILES string of the molecule is Cc1ccc(CCCC(=O)NC2CCCNC2)cc1. The third kappa shape index (κ3) is 5.03. The minimum atomic E-state index is 0.195. The molecule has 2 N–H and O–H groups in total. The van der Waals surface area contributed by atoms with Crippen LogP contribution in [0.2, 0.25) is 0 Å². The fourth-order valence-corrected chi connectivity index (χ4v) is 2.48. The molecule has 0 aliphatic carbocycles. The molecule has 1 unspecified atom stereocenters. The molecule has 1 aliphatic heterocycles. The van der Waals surface area contributed by atoms with Crippen molar-refractivity contribution in [2.45, 2.75) is 45.1 Å². The summed E-state index contributed by atoms with van der Waals surface area (Å²) in [5.74, 6) is 0.195. The van der Waals surface area contributed by atoms with E-state index in [1.54, 1.807) is 0 Å². The second kappa shape index (κ2) is 7.29. The highest BCUT2D eigenvalue weighted by atomic mass is 16.1. The summed E-state index contributed by atoms with van der Waals surface area (Å²) in [6, 6.07) is 8.89. The lowest BCUT2D eigenvalue weighted by Crippen LogP contribution is -2.45. The van der Waals surface area contributed by atoms with E-state index >= 15 is 0 Å². The lowest BCUT2D eigenvalue weighted by Gasteiger charge is -2.23. The minimum absolute atomic E-state index is 0.195. The first-order valence-electron chi connectivity index (χ1n) is 7.29. The number of benzene rings is 1. The van der Waals surface area contributed by atoms with E-state index in [1.165, 1.54) is 11.1 Å². The molecule has 1 fully saturated rings. The van der Waals surface area contributed by atoms with Gasteiger partial charge in [0, 0.05) is 19.0 Å². The molecule has 3 heteroatoms. The number of piperidine rings is 1. The first kappa shape index (κ1) is 14.1. The van der Waals surface area contributed by atoms with E-state index in [4.69, 9.17) is 0 Å². The fraction of sp³-hybridized carbons (Fsp3) is 0.562. The number of aryl methyl sites for hydroxylation is 2. The summed E-state index contributed by atoms with van der Waals surface area (Å²) >= 11 is 0. The molecule has 19 heavy (non-hydrogen) atoms. The van der Waals surface area contributed by atoms with Gasteiger partial charge in [-0.15, -0.1) is 0 Å². The van der Waals surface area contributed by atoms with Crippen molar-refractivity contribution in [3.05, 3.63) is 35.4 Å². The van der Waals surface area contributed by atoms with Gasteiger partial charge in [-0.3, -0.25) is 4.79 Å². The van der Waals surface area contributed by atoms with Crippen molar-refractivity contribution in [3.8, 4) is 0 Å². The van der Waals surface area contributed by atoms with Crippen molar-refractivity contribution in [3.63, 3.8) is 0 Å². The highest BCUT2D eigenvalue weighted by Gasteiger charge is 2.14. The van der Waals surface area contributed by atoms with Crippen molar-refractivity contribution < 1.29 is 4.79 Å². The van der Waals surface area contributed by atoms with E-state index in [9.17, 15) is 4.79 Å². The molecule has 1 aromatic rings. The molecule has 0 bridgehead atoms. The maximum atomic E-state index is 11.8.